The lowest BCUT2D eigenvalue weighted by atomic mass is 9.89. The van der Waals surface area contributed by atoms with Gasteiger partial charge in [-0.15, -0.1) is 0 Å². The lowest BCUT2D eigenvalue weighted by Crippen LogP contribution is -2.64. The third-order valence-electron chi connectivity index (χ3n) is 6.44. The van der Waals surface area contributed by atoms with Crippen molar-refractivity contribution in [2.45, 2.75) is 50.1 Å². The molecule has 3 aromatic rings. The normalized spacial score (nSPS) is 21.3. The molecular formula is C21H26N8OS. The molecule has 9 nitrogen and oxygen atoms in total. The molecule has 10 heteroatoms. The van der Waals surface area contributed by atoms with Crippen LogP contribution in [0.15, 0.2) is 35.3 Å². The van der Waals surface area contributed by atoms with Gasteiger partial charge in [-0.05, 0) is 18.9 Å². The zero-order chi connectivity index (χ0) is 21.5. The summed E-state index contributed by atoms with van der Waals surface area (Å²) in [6.07, 6.45) is 14.7. The van der Waals surface area contributed by atoms with Gasteiger partial charge in [0, 0.05) is 42.7 Å². The Hall–Kier alpha value is -2.77. The highest BCUT2D eigenvalue weighted by atomic mass is 32.2. The SMILES string of the molecule is C[S@@](=O)(=NC1CCCCC1)N1CC(CC#N)(n2cc(-c3ncnc4[nH]ccc34)cn2)C1. The van der Waals surface area contributed by atoms with Crippen LogP contribution < -0.4 is 0 Å². The summed E-state index contributed by atoms with van der Waals surface area (Å²) < 4.78 is 21.8. The molecule has 2 aliphatic rings. The van der Waals surface area contributed by atoms with E-state index in [4.69, 9.17) is 4.36 Å². The summed E-state index contributed by atoms with van der Waals surface area (Å²) in [6, 6.07) is 4.43. The Morgan fingerprint density at radius 3 is 2.90 bits per heavy atom. The van der Waals surface area contributed by atoms with Crippen molar-refractivity contribution in [3.05, 3.63) is 31.0 Å². The summed E-state index contributed by atoms with van der Waals surface area (Å²) in [5, 5.41) is 15.0. The first-order chi connectivity index (χ1) is 15.0. The smallest absolute Gasteiger partial charge is 0.141 e. The molecule has 0 spiro atoms. The molecule has 0 radical (unpaired) electrons. The highest BCUT2D eigenvalue weighted by molar-refractivity contribution is 7.90. The first-order valence-electron chi connectivity index (χ1n) is 10.7. The molecule has 1 saturated carbocycles. The number of aromatic nitrogens is 5. The standard InChI is InChI=1S/C21H26N8OS/c1-31(30,27-17-5-3-2-4-6-17)28-13-21(14-28,8-9-22)29-12-16(11-26-29)19-18-7-10-23-20(18)25-15-24-19/h7,10-12,15,17H,2-6,8,13-14H2,1H3,(H,23,24,25)/t31-/m1/s1. The van der Waals surface area contributed by atoms with Crippen LogP contribution in [-0.2, 0) is 15.5 Å². The van der Waals surface area contributed by atoms with Crippen molar-refractivity contribution < 1.29 is 4.21 Å². The average molecular weight is 439 g/mol. The van der Waals surface area contributed by atoms with Crippen molar-refractivity contribution >= 4 is 20.9 Å². The van der Waals surface area contributed by atoms with Crippen molar-refractivity contribution in [2.24, 2.45) is 4.36 Å². The summed E-state index contributed by atoms with van der Waals surface area (Å²) in [5.74, 6) is 0. The summed E-state index contributed by atoms with van der Waals surface area (Å²) >= 11 is 0. The summed E-state index contributed by atoms with van der Waals surface area (Å²) in [6.45, 7) is 0.993. The number of H-pyrrole nitrogens is 1. The molecule has 31 heavy (non-hydrogen) atoms. The van der Waals surface area contributed by atoms with Crippen molar-refractivity contribution in [1.29, 1.82) is 5.26 Å². The van der Waals surface area contributed by atoms with Crippen LogP contribution >= 0.6 is 0 Å². The van der Waals surface area contributed by atoms with Gasteiger partial charge < -0.3 is 4.98 Å². The summed E-state index contributed by atoms with van der Waals surface area (Å²) in [7, 11) is -2.45. The Morgan fingerprint density at radius 1 is 1.32 bits per heavy atom. The second kappa shape index (κ2) is 7.73. The Bertz CT molecular complexity index is 1250. The highest BCUT2D eigenvalue weighted by Crippen LogP contribution is 2.36. The number of rotatable bonds is 5. The van der Waals surface area contributed by atoms with Crippen molar-refractivity contribution in [3.63, 3.8) is 0 Å². The topological polar surface area (TPSA) is 116 Å². The van der Waals surface area contributed by atoms with E-state index in [9.17, 15) is 9.47 Å². The minimum atomic E-state index is -2.45. The molecule has 0 aromatic carbocycles. The zero-order valence-electron chi connectivity index (χ0n) is 17.6. The highest BCUT2D eigenvalue weighted by Gasteiger charge is 2.48. The van der Waals surface area contributed by atoms with Crippen molar-refractivity contribution in [3.8, 4) is 17.3 Å². The largest absolute Gasteiger partial charge is 0.346 e. The number of nitrogens with one attached hydrogen (secondary N) is 1. The van der Waals surface area contributed by atoms with Gasteiger partial charge in [0.15, 0.2) is 0 Å². The molecule has 4 heterocycles. The lowest BCUT2D eigenvalue weighted by Gasteiger charge is -2.49. The number of hydrogen-bond acceptors (Lipinski definition) is 6. The molecule has 0 amide bonds. The summed E-state index contributed by atoms with van der Waals surface area (Å²) in [5.41, 5.74) is 1.94. The van der Waals surface area contributed by atoms with E-state index in [1.807, 2.05) is 27.4 Å². The molecule has 1 aliphatic carbocycles. The van der Waals surface area contributed by atoms with Crippen molar-refractivity contribution in [1.82, 2.24) is 29.0 Å². The Labute approximate surface area is 181 Å². The van der Waals surface area contributed by atoms with E-state index in [1.165, 1.54) is 12.7 Å². The molecule has 0 unspecified atom stereocenters. The molecule has 1 atom stereocenters. The second-order valence-electron chi connectivity index (χ2n) is 8.65. The van der Waals surface area contributed by atoms with Gasteiger partial charge in [0.2, 0.25) is 0 Å². The van der Waals surface area contributed by atoms with E-state index >= 15 is 0 Å². The third-order valence-corrected chi connectivity index (χ3v) is 8.35. The zero-order valence-corrected chi connectivity index (χ0v) is 18.4. The van der Waals surface area contributed by atoms with E-state index in [0.717, 1.165) is 48.0 Å². The Balaban J connectivity index is 1.40. The van der Waals surface area contributed by atoms with Crippen LogP contribution in [0.3, 0.4) is 0 Å². The van der Waals surface area contributed by atoms with Gasteiger partial charge in [-0.1, -0.05) is 19.3 Å². The third kappa shape index (κ3) is 3.62. The second-order valence-corrected chi connectivity index (χ2v) is 10.9. The molecule has 0 bridgehead atoms. The van der Waals surface area contributed by atoms with Crippen LogP contribution in [0.5, 0.6) is 0 Å². The number of nitriles is 1. The Kier molecular flexibility index (Phi) is 5.02. The number of fused-ring (bicyclic) bond motifs is 1. The number of aromatic amines is 1. The molecule has 162 valence electrons. The monoisotopic (exact) mass is 438 g/mol. The quantitative estimate of drug-likeness (QED) is 0.657. The van der Waals surface area contributed by atoms with Crippen LogP contribution in [0.2, 0.25) is 0 Å². The van der Waals surface area contributed by atoms with E-state index in [-0.39, 0.29) is 6.04 Å². The number of hydrogen-bond donors (Lipinski definition) is 1. The van der Waals surface area contributed by atoms with Crippen LogP contribution in [-0.4, -0.2) is 58.6 Å². The number of nitrogens with zero attached hydrogens (tertiary/aromatic N) is 7. The maximum absolute atomic E-state index is 13.3. The van der Waals surface area contributed by atoms with Gasteiger partial charge in [0.05, 0.1) is 30.4 Å². The van der Waals surface area contributed by atoms with E-state index in [1.54, 1.807) is 12.5 Å². The minimum absolute atomic E-state index is 0.190. The molecule has 1 N–H and O–H groups in total. The fraction of sp³-hybridized carbons (Fsp3) is 0.524. The minimum Gasteiger partial charge on any atom is -0.346 e. The average Bonchev–Trinajstić information content (AvgIpc) is 3.40. The Morgan fingerprint density at radius 2 is 2.13 bits per heavy atom. The van der Waals surface area contributed by atoms with Crippen molar-refractivity contribution in [2.75, 3.05) is 19.3 Å². The van der Waals surface area contributed by atoms with E-state index < -0.39 is 15.5 Å². The predicted octanol–water partition coefficient (Wildman–Crippen LogP) is 3.09. The maximum Gasteiger partial charge on any atom is 0.141 e. The van der Waals surface area contributed by atoms with Crippen LogP contribution in [0, 0.1) is 11.3 Å². The van der Waals surface area contributed by atoms with Gasteiger partial charge in [-0.2, -0.15) is 10.4 Å². The molecule has 5 rings (SSSR count). The molecule has 3 aromatic heterocycles. The van der Waals surface area contributed by atoms with Crippen LogP contribution in [0.4, 0.5) is 0 Å². The van der Waals surface area contributed by atoms with Crippen LogP contribution in [0.25, 0.3) is 22.3 Å². The van der Waals surface area contributed by atoms with Crippen LogP contribution in [0.1, 0.15) is 38.5 Å². The summed E-state index contributed by atoms with van der Waals surface area (Å²) in [4.78, 5) is 11.8. The van der Waals surface area contributed by atoms with Gasteiger partial charge in [-0.25, -0.2) is 22.8 Å². The lowest BCUT2D eigenvalue weighted by molar-refractivity contribution is 0.0752. The molecule has 1 saturated heterocycles. The van der Waals surface area contributed by atoms with E-state index in [2.05, 4.69) is 26.1 Å². The van der Waals surface area contributed by atoms with Gasteiger partial charge in [0.1, 0.15) is 27.4 Å². The predicted molar refractivity (Wildman–Crippen MR) is 118 cm³/mol. The fourth-order valence-electron chi connectivity index (χ4n) is 4.67. The fourth-order valence-corrected chi connectivity index (χ4v) is 6.53. The maximum atomic E-state index is 13.3. The molecule has 1 aliphatic heterocycles. The van der Waals surface area contributed by atoms with Gasteiger partial charge in [-0.3, -0.25) is 4.68 Å². The molecular weight excluding hydrogens is 412 g/mol. The molecule has 2 fully saturated rings. The van der Waals surface area contributed by atoms with E-state index in [0.29, 0.717) is 19.5 Å². The first kappa shape index (κ1) is 20.2. The van der Waals surface area contributed by atoms with Gasteiger partial charge in [0.25, 0.3) is 0 Å². The van der Waals surface area contributed by atoms with Gasteiger partial charge >= 0.3 is 0 Å². The first-order valence-corrected chi connectivity index (χ1v) is 12.6.